The van der Waals surface area contributed by atoms with Crippen molar-refractivity contribution in [2.45, 2.75) is 59.7 Å². The van der Waals surface area contributed by atoms with Gasteiger partial charge in [0.25, 0.3) is 0 Å². The highest BCUT2D eigenvalue weighted by molar-refractivity contribution is 7.17. The molecular weight excluding hydrogens is 564 g/mol. The Morgan fingerprint density at radius 3 is 2.60 bits per heavy atom. The van der Waals surface area contributed by atoms with Crippen molar-refractivity contribution in [1.29, 1.82) is 0 Å². The van der Waals surface area contributed by atoms with E-state index in [0.29, 0.717) is 22.1 Å². The number of ether oxygens (including phenoxy) is 1. The van der Waals surface area contributed by atoms with Crippen LogP contribution in [0.5, 0.6) is 0 Å². The lowest BCUT2D eigenvalue weighted by Crippen LogP contribution is -2.35. The number of thiophene rings is 2. The van der Waals surface area contributed by atoms with E-state index in [2.05, 4.69) is 40.6 Å². The summed E-state index contributed by atoms with van der Waals surface area (Å²) in [6.07, 6.45) is 0.935. The molecule has 2 N–H and O–H groups in total. The molecule has 0 radical (unpaired) electrons. The molecule has 3 heterocycles. The number of likely N-dealkylation sites (N-methyl/N-ethyl adjacent to an activating group) is 1. The maximum Gasteiger partial charge on any atom is 0.341 e. The summed E-state index contributed by atoms with van der Waals surface area (Å²) in [5.41, 5.74) is 4.12. The van der Waals surface area contributed by atoms with Gasteiger partial charge in [-0.2, -0.15) is 0 Å². The predicted molar refractivity (Wildman–Crippen MR) is 167 cm³/mol. The fraction of sp³-hybridized carbons (Fsp3) is 0.467. The van der Waals surface area contributed by atoms with Gasteiger partial charge in [-0.3, -0.25) is 10.2 Å². The Bertz CT molecular complexity index is 1390. The Morgan fingerprint density at radius 1 is 1.18 bits per heavy atom. The van der Waals surface area contributed by atoms with E-state index in [4.69, 9.17) is 16.3 Å². The number of aryl methyl sites for hydroxylation is 1. The van der Waals surface area contributed by atoms with Crippen LogP contribution in [0.25, 0.3) is 10.4 Å². The second-order valence-electron chi connectivity index (χ2n) is 11.4. The van der Waals surface area contributed by atoms with E-state index in [0.717, 1.165) is 59.0 Å². The molecule has 2 amide bonds. The molecule has 0 saturated carbocycles. The molecule has 1 aliphatic heterocycles. The summed E-state index contributed by atoms with van der Waals surface area (Å²) in [6, 6.07) is 7.53. The number of halogens is 1. The summed E-state index contributed by atoms with van der Waals surface area (Å²) < 4.78 is 5.61. The Balaban J connectivity index is 1.55. The molecule has 0 bridgehead atoms. The SMILES string of the molecule is Cc1sc(NC(=O)NCc2c(-c3cccc(Cl)c3)sc3c2CCN(CCN(C)C)C3)c(C(=O)OC(C)(C)C)c1C. The van der Waals surface area contributed by atoms with Crippen LogP contribution in [0.3, 0.4) is 0 Å². The van der Waals surface area contributed by atoms with Crippen molar-refractivity contribution in [3.63, 3.8) is 0 Å². The Morgan fingerprint density at radius 2 is 1.93 bits per heavy atom. The lowest BCUT2D eigenvalue weighted by atomic mass is 9.99. The first-order valence-corrected chi connectivity index (χ1v) is 15.5. The highest BCUT2D eigenvalue weighted by atomic mass is 35.5. The minimum atomic E-state index is -0.629. The standard InChI is InChI=1S/C30H39ClN4O3S2/c1-18-19(2)39-27(25(18)28(36)38-30(3,4)5)33-29(37)32-16-23-22-11-12-35(14-13-34(6)7)17-24(22)40-26(23)20-9-8-10-21(31)15-20/h8-10,15H,11-14,16-17H2,1-7H3,(H2,32,33,37). The fourth-order valence-corrected chi connectivity index (χ4v) is 7.35. The molecule has 0 aliphatic carbocycles. The molecule has 1 aromatic carbocycles. The normalized spacial score (nSPS) is 13.8. The van der Waals surface area contributed by atoms with E-state index in [1.54, 1.807) is 11.3 Å². The predicted octanol–water partition coefficient (Wildman–Crippen LogP) is 6.94. The molecule has 0 spiro atoms. The van der Waals surface area contributed by atoms with Crippen molar-refractivity contribution in [3.8, 4) is 10.4 Å². The summed E-state index contributed by atoms with van der Waals surface area (Å²) in [7, 11) is 4.20. The van der Waals surface area contributed by atoms with E-state index in [9.17, 15) is 9.59 Å². The van der Waals surface area contributed by atoms with Crippen LogP contribution >= 0.6 is 34.3 Å². The number of amides is 2. The number of rotatable bonds is 8. The smallest absolute Gasteiger partial charge is 0.341 e. The van der Waals surface area contributed by atoms with Crippen molar-refractivity contribution in [2.24, 2.45) is 0 Å². The Kier molecular flexibility index (Phi) is 9.62. The van der Waals surface area contributed by atoms with E-state index >= 15 is 0 Å². The first-order chi connectivity index (χ1) is 18.8. The zero-order valence-corrected chi connectivity index (χ0v) is 26.8. The summed E-state index contributed by atoms with van der Waals surface area (Å²) in [5.74, 6) is -0.432. The molecule has 216 valence electrons. The van der Waals surface area contributed by atoms with E-state index < -0.39 is 11.6 Å². The van der Waals surface area contributed by atoms with Gasteiger partial charge in [-0.15, -0.1) is 22.7 Å². The molecule has 2 aromatic heterocycles. The molecule has 40 heavy (non-hydrogen) atoms. The number of carbonyl (C=O) groups is 2. The van der Waals surface area contributed by atoms with Crippen molar-refractivity contribution in [2.75, 3.05) is 39.0 Å². The Hall–Kier alpha value is -2.43. The molecule has 4 rings (SSSR count). The topological polar surface area (TPSA) is 73.9 Å². The molecule has 0 unspecified atom stereocenters. The van der Waals surface area contributed by atoms with Crippen LogP contribution in [0.1, 0.15) is 57.6 Å². The van der Waals surface area contributed by atoms with Crippen LogP contribution in [-0.4, -0.2) is 61.1 Å². The van der Waals surface area contributed by atoms with Gasteiger partial charge in [0.1, 0.15) is 10.6 Å². The van der Waals surface area contributed by atoms with E-state index in [1.807, 2.05) is 52.8 Å². The number of hydrogen-bond acceptors (Lipinski definition) is 7. The van der Waals surface area contributed by atoms with Gasteiger partial charge in [0.2, 0.25) is 0 Å². The van der Waals surface area contributed by atoms with Crippen LogP contribution in [0.4, 0.5) is 9.80 Å². The van der Waals surface area contributed by atoms with Gasteiger partial charge in [-0.05, 0) is 89.5 Å². The molecule has 0 atom stereocenters. The highest BCUT2D eigenvalue weighted by Crippen LogP contribution is 2.40. The van der Waals surface area contributed by atoms with Gasteiger partial charge in [0.15, 0.2) is 0 Å². The zero-order valence-electron chi connectivity index (χ0n) is 24.4. The quantitative estimate of drug-likeness (QED) is 0.273. The number of urea groups is 1. The van der Waals surface area contributed by atoms with E-state index in [1.165, 1.54) is 21.8 Å². The molecule has 1 aliphatic rings. The third-order valence-corrected chi connectivity index (χ3v) is 9.50. The number of anilines is 1. The minimum absolute atomic E-state index is 0.355. The van der Waals surface area contributed by atoms with Gasteiger partial charge in [-0.25, -0.2) is 9.59 Å². The van der Waals surface area contributed by atoms with Crippen LogP contribution in [0, 0.1) is 13.8 Å². The highest BCUT2D eigenvalue weighted by Gasteiger charge is 2.28. The van der Waals surface area contributed by atoms with Crippen molar-refractivity contribution < 1.29 is 14.3 Å². The van der Waals surface area contributed by atoms with Gasteiger partial charge in [0, 0.05) is 52.4 Å². The van der Waals surface area contributed by atoms with E-state index in [-0.39, 0.29) is 6.03 Å². The summed E-state index contributed by atoms with van der Waals surface area (Å²) in [5, 5.41) is 7.17. The number of fused-ring (bicyclic) bond motifs is 1. The number of esters is 1. The number of carbonyl (C=O) groups excluding carboxylic acids is 2. The van der Waals surface area contributed by atoms with Crippen LogP contribution in [0.2, 0.25) is 5.02 Å². The summed E-state index contributed by atoms with van der Waals surface area (Å²) >= 11 is 9.53. The second kappa shape index (κ2) is 12.6. The third kappa shape index (κ3) is 7.44. The number of nitrogens with zero attached hydrogens (tertiary/aromatic N) is 2. The van der Waals surface area contributed by atoms with Gasteiger partial charge >= 0.3 is 12.0 Å². The zero-order chi connectivity index (χ0) is 29.2. The average molecular weight is 603 g/mol. The maximum atomic E-state index is 13.2. The first-order valence-electron chi connectivity index (χ1n) is 13.5. The second-order valence-corrected chi connectivity index (χ2v) is 14.2. The molecule has 10 heteroatoms. The van der Waals surface area contributed by atoms with Crippen molar-refractivity contribution >= 4 is 51.3 Å². The molecule has 0 saturated heterocycles. The molecule has 3 aromatic rings. The minimum Gasteiger partial charge on any atom is -0.456 e. The maximum absolute atomic E-state index is 13.2. The van der Waals surface area contributed by atoms with Gasteiger partial charge in [0.05, 0.1) is 5.56 Å². The van der Waals surface area contributed by atoms with Crippen LogP contribution < -0.4 is 10.6 Å². The lowest BCUT2D eigenvalue weighted by molar-refractivity contribution is 0.00704. The average Bonchev–Trinajstić information content (AvgIpc) is 3.36. The summed E-state index contributed by atoms with van der Waals surface area (Å²) in [6.45, 7) is 13.6. The van der Waals surface area contributed by atoms with Gasteiger partial charge in [-0.1, -0.05) is 23.7 Å². The number of hydrogen-bond donors (Lipinski definition) is 2. The largest absolute Gasteiger partial charge is 0.456 e. The van der Waals surface area contributed by atoms with Crippen LogP contribution in [0.15, 0.2) is 24.3 Å². The summed E-state index contributed by atoms with van der Waals surface area (Å²) in [4.78, 5) is 34.2. The molecular formula is C30H39ClN4O3S2. The van der Waals surface area contributed by atoms with Gasteiger partial charge < -0.3 is 15.0 Å². The first kappa shape index (κ1) is 30.5. The van der Waals surface area contributed by atoms with Crippen molar-refractivity contribution in [3.05, 3.63) is 61.3 Å². The van der Waals surface area contributed by atoms with Crippen molar-refractivity contribution in [1.82, 2.24) is 15.1 Å². The molecule has 7 nitrogen and oxygen atoms in total. The Labute approximate surface area is 250 Å². The number of benzene rings is 1. The number of nitrogens with one attached hydrogen (secondary N) is 2. The molecule has 0 fully saturated rings. The fourth-order valence-electron chi connectivity index (χ4n) is 4.71. The lowest BCUT2D eigenvalue weighted by Gasteiger charge is -2.28. The monoisotopic (exact) mass is 602 g/mol. The van der Waals surface area contributed by atoms with Crippen LogP contribution in [-0.2, 0) is 24.2 Å². The third-order valence-electron chi connectivity index (χ3n) is 6.84.